The minimum atomic E-state index is -2.24. The predicted octanol–water partition coefficient (Wildman–Crippen LogP) is 4.53. The van der Waals surface area contributed by atoms with Crippen LogP contribution in [-0.2, 0) is 87.5 Å². The number of aliphatic hydroxyl groups excluding tert-OH is 4. The van der Waals surface area contributed by atoms with Gasteiger partial charge in [0.15, 0.2) is 41.8 Å². The summed E-state index contributed by atoms with van der Waals surface area (Å²) in [5.41, 5.74) is 19.5. The molecule has 0 spiro atoms. The average molecular weight is 2030 g/mol. The fourth-order valence-corrected chi connectivity index (χ4v) is 20.1. The maximum Gasteiger partial charge on any atom is 0.411 e. The number of rotatable bonds is 41. The molecule has 0 unspecified atom stereocenters. The molecule has 6 aliphatic rings. The lowest BCUT2D eigenvalue weighted by Crippen LogP contribution is -2.65. The highest BCUT2D eigenvalue weighted by atomic mass is 127. The van der Waals surface area contributed by atoms with Crippen molar-refractivity contribution >= 4 is 120 Å². The van der Waals surface area contributed by atoms with Gasteiger partial charge in [-0.3, -0.25) is 38.9 Å². The van der Waals surface area contributed by atoms with Gasteiger partial charge in [-0.15, -0.1) is 0 Å². The third-order valence-electron chi connectivity index (χ3n) is 23.0. The second-order valence-electron chi connectivity index (χ2n) is 33.1. The van der Waals surface area contributed by atoms with Crippen LogP contribution in [0.2, 0.25) is 0 Å². The number of thioether (sulfide) groups is 1. The third kappa shape index (κ3) is 28.1. The predicted molar refractivity (Wildman–Crippen MR) is 498 cm³/mol. The average Bonchev–Trinajstić information content (AvgIpc) is 0.752. The number of alkyl carbamates (subject to hydrolysis) is 1. The van der Waals surface area contributed by atoms with Gasteiger partial charge in [0, 0.05) is 86.2 Å². The zero-order chi connectivity index (χ0) is 97.5. The van der Waals surface area contributed by atoms with Gasteiger partial charge in [-0.05, 0) is 157 Å². The van der Waals surface area contributed by atoms with Gasteiger partial charge in [-0.1, -0.05) is 95.2 Å². The third-order valence-corrected chi connectivity index (χ3v) is 28.7. The van der Waals surface area contributed by atoms with Crippen molar-refractivity contribution < 1.29 is 135 Å². The number of hydrogen-bond donors (Lipinski definition) is 15. The molecule has 4 saturated heterocycles. The number of pyridine rings is 1. The van der Waals surface area contributed by atoms with E-state index in [1.165, 1.54) is 74.0 Å². The van der Waals surface area contributed by atoms with E-state index in [2.05, 4.69) is 66.0 Å². The molecule has 5 heterocycles. The van der Waals surface area contributed by atoms with Gasteiger partial charge in [-0.2, -0.15) is 5.48 Å². The quantitative estimate of drug-likeness (QED) is 0.0122. The Morgan fingerprint density at radius 3 is 2.15 bits per heavy atom. The summed E-state index contributed by atoms with van der Waals surface area (Å²) < 4.78 is 79.3. The summed E-state index contributed by atoms with van der Waals surface area (Å²) in [6, 6.07) is 3.77. The van der Waals surface area contributed by atoms with Gasteiger partial charge < -0.3 is 136 Å². The lowest BCUT2D eigenvalue weighted by atomic mass is 9.75. The van der Waals surface area contributed by atoms with E-state index in [1.807, 2.05) is 42.5 Å². The van der Waals surface area contributed by atoms with Crippen LogP contribution in [0.5, 0.6) is 17.2 Å². The number of anilines is 2. The molecule has 9 rings (SSSR count). The van der Waals surface area contributed by atoms with Crippen molar-refractivity contribution in [3.8, 4) is 40.9 Å². The first-order chi connectivity index (χ1) is 63.3. The lowest BCUT2D eigenvalue weighted by Gasteiger charge is -2.47. The van der Waals surface area contributed by atoms with Crippen LogP contribution in [0.4, 0.5) is 25.9 Å². The summed E-state index contributed by atoms with van der Waals surface area (Å²) in [5, 5.41) is 74.2. The number of unbranched alkanes of at least 4 members (excludes halogenated alkanes) is 1. The number of carbonyl (C=O) groups excluding carboxylic acids is 9. The molecule has 3 aromatic rings. The molecular weight excluding hydrogens is 1910 g/mol. The number of hydroxylamine groups is 1. The fraction of sp³-hybridized carbons (Fsp3) is 0.596. The van der Waals surface area contributed by atoms with Crippen LogP contribution in [-0.4, -0.2) is 289 Å². The highest BCUT2D eigenvalue weighted by Crippen LogP contribution is 2.50. The number of urea groups is 1. The summed E-state index contributed by atoms with van der Waals surface area (Å²) in [6.07, 6.45) is -14.7. The van der Waals surface area contributed by atoms with E-state index in [0.717, 1.165) is 24.4 Å². The van der Waals surface area contributed by atoms with Crippen LogP contribution in [0.3, 0.4) is 0 Å². The number of fused-ring (bicyclic) bond motifs is 2. The Morgan fingerprint density at radius 2 is 1.50 bits per heavy atom. The van der Waals surface area contributed by atoms with Crippen LogP contribution in [0.15, 0.2) is 77.7 Å². The topological polar surface area (TPSA) is 562 Å². The number of primary amides is 1. The molecule has 18 N–H and O–H groups in total. The molecule has 4 aliphatic heterocycles. The van der Waals surface area contributed by atoms with Crippen LogP contribution in [0.1, 0.15) is 141 Å². The number of aromatic nitrogens is 1. The van der Waals surface area contributed by atoms with E-state index < -0.39 is 203 Å². The summed E-state index contributed by atoms with van der Waals surface area (Å²) in [5.74, 6) is 8.40. The van der Waals surface area contributed by atoms with E-state index >= 15 is 0 Å². The SMILES string of the molecule is CCN(C(=O)OCc1ccc(NC(=O)[C@H](CCCNC(N)=O)NC(=O)[C@@H](NC(=O)[C@H](CCCCN)NC(C)=O)C(C)C)cc1)[C@H]1CO[C@@H](O[C@H]2[C@H](O[C@H]3C#CC=CC#C[C@]4(O)CC(=O)C(NC(=O)OC)=C3/C4=C\CSSC(C)(C)c3cccnc3N)O[C@H](C)[C@@H](NO[C@H]3C[C@H](O)[C@H](SC(=O)c4c(C)c(I)c(O[C@@H]5O[C@@H](C)[C@H](O)[C@@H](OC)[C@H]5O)c(OC)c4OC)[C@@H](C)O3)[C@@H]2O)C[C@@H]1OC. The van der Waals surface area contributed by atoms with Crippen molar-refractivity contribution in [3.63, 3.8) is 0 Å². The number of carbonyl (C=O) groups is 9. The first-order valence-corrected chi connectivity index (χ1v) is 47.7. The molecule has 732 valence electrons. The van der Waals surface area contributed by atoms with Gasteiger partial charge in [-0.25, -0.2) is 19.4 Å². The summed E-state index contributed by atoms with van der Waals surface area (Å²) in [7, 11) is 9.33. The van der Waals surface area contributed by atoms with Crippen molar-refractivity contribution in [3.05, 3.63) is 103 Å². The Kier molecular flexibility index (Phi) is 40.9. The number of hydrogen-bond acceptors (Lipinski definition) is 35. The standard InChI is InChI=1S/C89H123IN12O28S3/c1-16-102(87(115)123-42-50-29-31-51(32-30-50)97-79(109)55(27-24-37-95-85(93)113)98-81(111)66(44(2)3)99-80(110)54(96-49(8)103)26-20-22-35-91)56-43-122-61(40-60(56)117-11)128-75-70(107)67(101-130-62-39-57(104)77(48(7)124-62)132-82(112)63-45(4)65(90)73(76(120-14)72(63)118-12)129-83-71(108)74(119-13)69(106)47(6)126-83)46(5)125-84(75)127-59-28-19-17-18-21-34-89(116)41-58(105)68(100-86(114)121-15)64(59)52(89)33-38-131-133-88(9,10)53-25-23-36-94-78(53)92/h17-18,23,25,29-33,36,44,46-48,54-57,59-62,66-67,69-71,74-75,77,83-84,101,104,106-108,116H,16,20,22,24,26-27,35,37-43,91H2,1-15H3,(H2,92,94)(H,96,103)(H,97,109)(H,98,111)(H,99,110)(H,100,114)(H3,93,95,113)/b18-17?,52-33+/t46-,47+,48-,54+,55+,56+,57+,59+,60+,61+,62+,66+,67-,69+,70+,71-,74-,75-,77-,83+,84+,89+/m1/s1. The molecule has 40 nitrogen and oxygen atoms in total. The van der Waals surface area contributed by atoms with E-state index in [0.29, 0.717) is 45.6 Å². The van der Waals surface area contributed by atoms with Crippen LogP contribution in [0, 0.1) is 40.1 Å². The zero-order valence-corrected chi connectivity index (χ0v) is 81.3. The fourth-order valence-electron chi connectivity index (χ4n) is 15.9. The Morgan fingerprint density at radius 1 is 0.805 bits per heavy atom. The van der Waals surface area contributed by atoms with Crippen molar-refractivity contribution in [1.82, 2.24) is 41.9 Å². The van der Waals surface area contributed by atoms with Gasteiger partial charge in [0.1, 0.15) is 67.2 Å². The zero-order valence-electron chi connectivity index (χ0n) is 76.7. The smallest absolute Gasteiger partial charge is 0.411 e. The normalized spacial score (nSPS) is 27.3. The second-order valence-corrected chi connectivity index (χ2v) is 38.3. The number of Topliss-reactive ketones (excluding diaryl/α,β-unsaturated/α-hetero) is 1. The van der Waals surface area contributed by atoms with E-state index in [1.54, 1.807) is 91.1 Å². The summed E-state index contributed by atoms with van der Waals surface area (Å²) in [4.78, 5) is 134. The molecular formula is C89H123IN12O28S3. The second kappa shape index (κ2) is 50.4. The minimum absolute atomic E-state index is 0.0149. The molecule has 2 aliphatic carbocycles. The number of likely N-dealkylation sites (N-methyl/N-ethyl adjacent to an activating group) is 1. The van der Waals surface area contributed by atoms with Crippen LogP contribution < -0.4 is 68.8 Å². The van der Waals surface area contributed by atoms with Crippen LogP contribution in [0.25, 0.3) is 0 Å². The Hall–Kier alpha value is -8.70. The molecule has 4 fully saturated rings. The maximum atomic E-state index is 14.7. The molecule has 44 heteroatoms. The highest BCUT2D eigenvalue weighted by molar-refractivity contribution is 14.1. The molecule has 22 atom stereocenters. The minimum Gasteiger partial charge on any atom is -0.492 e. The molecule has 0 saturated carbocycles. The Labute approximate surface area is 798 Å². The largest absolute Gasteiger partial charge is 0.492 e. The Bertz CT molecular complexity index is 4790. The lowest BCUT2D eigenvalue weighted by molar-refractivity contribution is -0.337. The number of nitrogens with two attached hydrogens (primary N) is 3. The number of ketones is 1. The van der Waals surface area contributed by atoms with E-state index in [4.69, 9.17) is 83.6 Å². The monoisotopic (exact) mass is 2030 g/mol. The number of nitrogen functional groups attached to an aromatic ring is 1. The molecule has 2 aromatic carbocycles. The number of ether oxygens (including phenoxy) is 13. The van der Waals surface area contributed by atoms with Gasteiger partial charge >= 0.3 is 18.2 Å². The van der Waals surface area contributed by atoms with E-state index in [-0.39, 0.29) is 104 Å². The highest BCUT2D eigenvalue weighted by Gasteiger charge is 2.53. The van der Waals surface area contributed by atoms with Crippen molar-refractivity contribution in [1.29, 1.82) is 0 Å². The van der Waals surface area contributed by atoms with Crippen molar-refractivity contribution in [2.45, 2.75) is 265 Å². The van der Waals surface area contributed by atoms with Crippen LogP contribution >= 0.6 is 55.9 Å². The number of allylic oxidation sites excluding steroid dienone is 3. The summed E-state index contributed by atoms with van der Waals surface area (Å²) in [6.45, 7) is 16.8. The number of amides is 8. The molecule has 133 heavy (non-hydrogen) atoms. The van der Waals surface area contributed by atoms with Crippen molar-refractivity contribution in [2.24, 2.45) is 17.4 Å². The number of halogens is 1. The maximum absolute atomic E-state index is 14.7. The molecule has 2 bridgehead atoms. The van der Waals surface area contributed by atoms with Gasteiger partial charge in [0.25, 0.3) is 0 Å². The van der Waals surface area contributed by atoms with E-state index in [9.17, 15) is 68.7 Å². The van der Waals surface area contributed by atoms with Gasteiger partial charge in [0.2, 0.25) is 40.8 Å². The van der Waals surface area contributed by atoms with Crippen molar-refractivity contribution in [2.75, 3.05) is 78.6 Å². The number of nitrogens with zero attached hydrogens (tertiary/aromatic N) is 2. The first-order valence-electron chi connectivity index (χ1n) is 43.4. The number of nitrogens with one attached hydrogen (secondary N) is 7. The molecule has 8 amide bonds. The number of methoxy groups -OCH3 is 5. The summed E-state index contributed by atoms with van der Waals surface area (Å²) >= 11 is 2.75. The van der Waals surface area contributed by atoms with Gasteiger partial charge in [0.05, 0.1) is 97.0 Å². The number of aliphatic hydroxyl groups is 5. The molecule has 1 aromatic heterocycles. The Balaban J connectivity index is 0.940. The number of benzene rings is 2. The first kappa shape index (κ1) is 108. The molecule has 0 radical (unpaired) electrons.